The summed E-state index contributed by atoms with van der Waals surface area (Å²) in [6.07, 6.45) is 4.67. The first-order chi connectivity index (χ1) is 13.0. The third-order valence-electron chi connectivity index (χ3n) is 6.58. The van der Waals surface area contributed by atoms with Gasteiger partial charge < -0.3 is 14.9 Å². The van der Waals surface area contributed by atoms with Crippen LogP contribution >= 0.6 is 0 Å². The first-order valence-electron chi connectivity index (χ1n) is 9.90. The number of carboxylic acids is 1. The van der Waals surface area contributed by atoms with Gasteiger partial charge >= 0.3 is 5.97 Å². The number of aliphatic carboxylic acids is 1. The number of carbonyl (C=O) groups is 3. The summed E-state index contributed by atoms with van der Waals surface area (Å²) < 4.78 is 0. The predicted molar refractivity (Wildman–Crippen MR) is 98.9 cm³/mol. The maximum absolute atomic E-state index is 13.2. The van der Waals surface area contributed by atoms with Crippen LogP contribution in [-0.4, -0.2) is 56.9 Å². The number of piperazine rings is 1. The molecule has 0 bridgehead atoms. The van der Waals surface area contributed by atoms with Crippen molar-refractivity contribution in [1.82, 2.24) is 9.80 Å². The second-order valence-corrected chi connectivity index (χ2v) is 8.06. The fourth-order valence-electron chi connectivity index (χ4n) is 5.28. The van der Waals surface area contributed by atoms with E-state index >= 15 is 0 Å². The standard InChI is InChI=1S/C21H26N2O4/c1-13-19(24)23-16-9-5-8-15(16)12-18(23)20(25)22(13)17(21(26)27)11-10-14-6-3-2-4-7-14/h2-4,6-7,13,15-18H,5,8-12H2,1H3,(H,26,27)/t13-,15-,16-,17+,18-/m0/s1. The van der Waals surface area contributed by atoms with E-state index in [-0.39, 0.29) is 17.9 Å². The summed E-state index contributed by atoms with van der Waals surface area (Å²) in [5.41, 5.74) is 1.03. The zero-order valence-electron chi connectivity index (χ0n) is 15.6. The highest BCUT2D eigenvalue weighted by atomic mass is 16.4. The predicted octanol–water partition coefficient (Wildman–Crippen LogP) is 2.07. The molecule has 1 saturated carbocycles. The maximum atomic E-state index is 13.2. The van der Waals surface area contributed by atoms with Gasteiger partial charge in [0.1, 0.15) is 18.1 Å². The average molecular weight is 370 g/mol. The molecule has 2 saturated heterocycles. The van der Waals surface area contributed by atoms with Gasteiger partial charge in [-0.1, -0.05) is 36.8 Å². The summed E-state index contributed by atoms with van der Waals surface area (Å²) in [6.45, 7) is 1.68. The second-order valence-electron chi connectivity index (χ2n) is 8.06. The van der Waals surface area contributed by atoms with Crippen molar-refractivity contribution in [1.29, 1.82) is 0 Å². The second kappa shape index (κ2) is 6.98. The Morgan fingerprint density at radius 1 is 1.19 bits per heavy atom. The Balaban J connectivity index is 1.56. The van der Waals surface area contributed by atoms with Crippen molar-refractivity contribution in [3.63, 3.8) is 0 Å². The van der Waals surface area contributed by atoms with E-state index in [1.54, 1.807) is 11.8 Å². The van der Waals surface area contributed by atoms with Crippen LogP contribution in [0.3, 0.4) is 0 Å². The molecule has 4 rings (SSSR count). The molecule has 6 heteroatoms. The molecule has 3 aliphatic rings. The third kappa shape index (κ3) is 3.01. The van der Waals surface area contributed by atoms with Gasteiger partial charge in [0, 0.05) is 6.04 Å². The van der Waals surface area contributed by atoms with Crippen molar-refractivity contribution in [2.75, 3.05) is 0 Å². The molecule has 27 heavy (non-hydrogen) atoms. The van der Waals surface area contributed by atoms with E-state index in [0.717, 1.165) is 24.8 Å². The maximum Gasteiger partial charge on any atom is 0.326 e. The fraction of sp³-hybridized carbons (Fsp3) is 0.571. The summed E-state index contributed by atoms with van der Waals surface area (Å²) in [6, 6.07) is 7.65. The lowest BCUT2D eigenvalue weighted by Gasteiger charge is -2.45. The minimum Gasteiger partial charge on any atom is -0.480 e. The zero-order chi connectivity index (χ0) is 19.1. The normalized spacial score (nSPS) is 31.0. The number of fused-ring (bicyclic) bond motifs is 3. The van der Waals surface area contributed by atoms with Crippen LogP contribution in [0.1, 0.15) is 44.6 Å². The van der Waals surface area contributed by atoms with Crippen LogP contribution in [-0.2, 0) is 20.8 Å². The van der Waals surface area contributed by atoms with Crippen LogP contribution in [0.25, 0.3) is 0 Å². The lowest BCUT2D eigenvalue weighted by Crippen LogP contribution is -2.66. The monoisotopic (exact) mass is 370 g/mol. The van der Waals surface area contributed by atoms with E-state index in [2.05, 4.69) is 0 Å². The minimum absolute atomic E-state index is 0.0834. The third-order valence-corrected chi connectivity index (χ3v) is 6.58. The van der Waals surface area contributed by atoms with Crippen LogP contribution in [0, 0.1) is 5.92 Å². The number of amides is 2. The molecule has 0 radical (unpaired) electrons. The van der Waals surface area contributed by atoms with Crippen molar-refractivity contribution < 1.29 is 19.5 Å². The number of carbonyl (C=O) groups excluding carboxylic acids is 2. The molecule has 3 fully saturated rings. The van der Waals surface area contributed by atoms with Gasteiger partial charge in [-0.2, -0.15) is 0 Å². The van der Waals surface area contributed by atoms with Crippen molar-refractivity contribution >= 4 is 17.8 Å². The molecule has 1 aromatic rings. The Morgan fingerprint density at radius 3 is 2.63 bits per heavy atom. The Hall–Kier alpha value is -2.37. The van der Waals surface area contributed by atoms with E-state index in [9.17, 15) is 19.5 Å². The number of aryl methyl sites for hydroxylation is 1. The van der Waals surface area contributed by atoms with Gasteiger partial charge in [0.15, 0.2) is 0 Å². The molecule has 2 heterocycles. The molecule has 0 unspecified atom stereocenters. The van der Waals surface area contributed by atoms with Crippen LogP contribution in [0.2, 0.25) is 0 Å². The van der Waals surface area contributed by atoms with E-state index in [1.807, 2.05) is 30.3 Å². The highest BCUT2D eigenvalue weighted by Gasteiger charge is 2.56. The fourth-order valence-corrected chi connectivity index (χ4v) is 5.28. The van der Waals surface area contributed by atoms with E-state index < -0.39 is 24.1 Å². The molecule has 0 aromatic heterocycles. The molecule has 144 valence electrons. The first-order valence-corrected chi connectivity index (χ1v) is 9.90. The number of rotatable bonds is 5. The molecular formula is C21H26N2O4. The van der Waals surface area contributed by atoms with Crippen LogP contribution in [0.5, 0.6) is 0 Å². The van der Waals surface area contributed by atoms with Gasteiger partial charge in [0.2, 0.25) is 11.8 Å². The van der Waals surface area contributed by atoms with Crippen LogP contribution < -0.4 is 0 Å². The lowest BCUT2D eigenvalue weighted by atomic mass is 9.97. The Morgan fingerprint density at radius 2 is 1.93 bits per heavy atom. The van der Waals surface area contributed by atoms with Crippen molar-refractivity contribution in [2.24, 2.45) is 5.92 Å². The molecular weight excluding hydrogens is 344 g/mol. The lowest BCUT2D eigenvalue weighted by molar-refractivity contribution is -0.168. The summed E-state index contributed by atoms with van der Waals surface area (Å²) in [4.78, 5) is 41.4. The van der Waals surface area contributed by atoms with Crippen molar-refractivity contribution in [2.45, 2.75) is 69.6 Å². The number of carboxylic acid groups (broad SMARTS) is 1. The molecule has 0 spiro atoms. The molecule has 1 aromatic carbocycles. The highest BCUT2D eigenvalue weighted by molar-refractivity contribution is 5.99. The van der Waals surface area contributed by atoms with E-state index in [0.29, 0.717) is 25.2 Å². The molecule has 1 N–H and O–H groups in total. The zero-order valence-corrected chi connectivity index (χ0v) is 15.6. The number of benzene rings is 1. The highest BCUT2D eigenvalue weighted by Crippen LogP contribution is 2.44. The van der Waals surface area contributed by atoms with Gasteiger partial charge in [-0.25, -0.2) is 4.79 Å². The van der Waals surface area contributed by atoms with E-state index in [1.165, 1.54) is 4.90 Å². The molecule has 6 nitrogen and oxygen atoms in total. The summed E-state index contributed by atoms with van der Waals surface area (Å²) in [5, 5.41) is 9.81. The largest absolute Gasteiger partial charge is 0.480 e. The smallest absolute Gasteiger partial charge is 0.326 e. The first kappa shape index (κ1) is 18.0. The Labute approximate surface area is 159 Å². The average Bonchev–Trinajstić information content (AvgIpc) is 3.24. The van der Waals surface area contributed by atoms with Crippen molar-refractivity contribution in [3.05, 3.63) is 35.9 Å². The molecule has 5 atom stereocenters. The van der Waals surface area contributed by atoms with Crippen LogP contribution in [0.15, 0.2) is 30.3 Å². The van der Waals surface area contributed by atoms with Gasteiger partial charge in [0.05, 0.1) is 0 Å². The van der Waals surface area contributed by atoms with Gasteiger partial charge in [0.25, 0.3) is 0 Å². The topological polar surface area (TPSA) is 77.9 Å². The Kier molecular flexibility index (Phi) is 4.66. The summed E-state index contributed by atoms with van der Waals surface area (Å²) in [7, 11) is 0. The molecule has 2 amide bonds. The molecule has 2 aliphatic heterocycles. The van der Waals surface area contributed by atoms with Gasteiger partial charge in [-0.15, -0.1) is 0 Å². The summed E-state index contributed by atoms with van der Waals surface area (Å²) in [5.74, 6) is -0.912. The van der Waals surface area contributed by atoms with E-state index in [4.69, 9.17) is 0 Å². The van der Waals surface area contributed by atoms with Gasteiger partial charge in [-0.05, 0) is 50.5 Å². The van der Waals surface area contributed by atoms with Crippen LogP contribution in [0.4, 0.5) is 0 Å². The number of hydrogen-bond donors (Lipinski definition) is 1. The SMILES string of the molecule is C[C@H]1C(=O)N2[C@@H](C[C@@H]3CCC[C@@H]32)C(=O)N1[C@H](CCc1ccccc1)C(=O)O. The Bertz CT molecular complexity index is 750. The quantitative estimate of drug-likeness (QED) is 0.861. The number of hydrogen-bond acceptors (Lipinski definition) is 3. The van der Waals surface area contributed by atoms with Crippen molar-refractivity contribution in [3.8, 4) is 0 Å². The number of nitrogens with zero attached hydrogens (tertiary/aromatic N) is 2. The van der Waals surface area contributed by atoms with Gasteiger partial charge in [-0.3, -0.25) is 9.59 Å². The molecule has 1 aliphatic carbocycles. The minimum atomic E-state index is -1.04. The summed E-state index contributed by atoms with van der Waals surface area (Å²) >= 11 is 0.